The Bertz CT molecular complexity index is 675. The van der Waals surface area contributed by atoms with E-state index >= 15 is 0 Å². The zero-order valence-corrected chi connectivity index (χ0v) is 15.8. The molecule has 1 aromatic rings. The van der Waals surface area contributed by atoms with Crippen molar-refractivity contribution < 1.29 is 17.9 Å². The second-order valence-electron chi connectivity index (χ2n) is 6.38. The van der Waals surface area contributed by atoms with Gasteiger partial charge >= 0.3 is 0 Å². The lowest BCUT2D eigenvalue weighted by molar-refractivity contribution is -0.124. The van der Waals surface area contributed by atoms with Gasteiger partial charge < -0.3 is 10.1 Å². The van der Waals surface area contributed by atoms with Gasteiger partial charge in [0.25, 0.3) is 0 Å². The molecule has 1 fully saturated rings. The third-order valence-corrected chi connectivity index (χ3v) is 5.58. The van der Waals surface area contributed by atoms with Crippen LogP contribution in [-0.4, -0.2) is 50.6 Å². The summed E-state index contributed by atoms with van der Waals surface area (Å²) in [5.74, 6) is 0.702. The molecule has 1 aliphatic heterocycles. The summed E-state index contributed by atoms with van der Waals surface area (Å²) in [6.45, 7) is 3.71. The van der Waals surface area contributed by atoms with Crippen molar-refractivity contribution in [3.05, 3.63) is 29.8 Å². The van der Waals surface area contributed by atoms with Crippen molar-refractivity contribution in [2.24, 2.45) is 0 Å². The number of aryl methyl sites for hydroxylation is 1. The summed E-state index contributed by atoms with van der Waals surface area (Å²) < 4.78 is 30.5. The molecular weight excluding hydrogens is 340 g/mol. The molecular formula is C18H28N2O4S. The Morgan fingerprint density at radius 3 is 2.84 bits per heavy atom. The highest BCUT2D eigenvalue weighted by atomic mass is 32.2. The topological polar surface area (TPSA) is 75.7 Å². The number of carbonyl (C=O) groups is 1. The molecule has 1 N–H and O–H groups in total. The number of hydrogen-bond acceptors (Lipinski definition) is 4. The Morgan fingerprint density at radius 2 is 2.12 bits per heavy atom. The molecule has 1 atom stereocenters. The van der Waals surface area contributed by atoms with Gasteiger partial charge in [-0.25, -0.2) is 8.42 Å². The second-order valence-corrected chi connectivity index (χ2v) is 8.32. The Hall–Kier alpha value is -1.60. The SMILES string of the molecule is CCCOc1ccccc1CCCNC(=O)[C@@H]1CCCN1S(C)(=O)=O. The van der Waals surface area contributed by atoms with Crippen LogP contribution in [0.1, 0.15) is 38.2 Å². The summed E-state index contributed by atoms with van der Waals surface area (Å²) in [6.07, 6.45) is 5.03. The molecule has 1 aromatic carbocycles. The lowest BCUT2D eigenvalue weighted by Gasteiger charge is -2.21. The zero-order valence-electron chi connectivity index (χ0n) is 15.0. The summed E-state index contributed by atoms with van der Waals surface area (Å²) in [5, 5.41) is 2.87. The van der Waals surface area contributed by atoms with Gasteiger partial charge in [-0.05, 0) is 43.7 Å². The number of ether oxygens (including phenoxy) is 1. The minimum Gasteiger partial charge on any atom is -0.493 e. The van der Waals surface area contributed by atoms with Crippen molar-refractivity contribution in [1.29, 1.82) is 0 Å². The molecule has 7 heteroatoms. The predicted molar refractivity (Wildman–Crippen MR) is 98.1 cm³/mol. The average Bonchev–Trinajstić information content (AvgIpc) is 3.07. The van der Waals surface area contributed by atoms with E-state index in [0.717, 1.165) is 43.3 Å². The molecule has 1 heterocycles. The summed E-state index contributed by atoms with van der Waals surface area (Å²) in [5.41, 5.74) is 1.13. The van der Waals surface area contributed by atoms with E-state index in [1.165, 1.54) is 4.31 Å². The van der Waals surface area contributed by atoms with Gasteiger partial charge in [0.1, 0.15) is 11.8 Å². The molecule has 0 aliphatic carbocycles. The number of amides is 1. The van der Waals surface area contributed by atoms with E-state index in [0.29, 0.717) is 26.1 Å². The van der Waals surface area contributed by atoms with Crippen LogP contribution in [0.25, 0.3) is 0 Å². The minimum absolute atomic E-state index is 0.196. The van der Waals surface area contributed by atoms with Crippen LogP contribution in [0.4, 0.5) is 0 Å². The van der Waals surface area contributed by atoms with E-state index < -0.39 is 16.1 Å². The van der Waals surface area contributed by atoms with Gasteiger partial charge in [0.15, 0.2) is 0 Å². The first-order valence-corrected chi connectivity index (χ1v) is 10.7. The van der Waals surface area contributed by atoms with E-state index in [2.05, 4.69) is 12.2 Å². The monoisotopic (exact) mass is 368 g/mol. The molecule has 0 spiro atoms. The molecule has 0 saturated carbocycles. The fourth-order valence-corrected chi connectivity index (χ4v) is 4.19. The van der Waals surface area contributed by atoms with Crippen molar-refractivity contribution in [3.63, 3.8) is 0 Å². The van der Waals surface area contributed by atoms with Gasteiger partial charge in [0.2, 0.25) is 15.9 Å². The third kappa shape index (κ3) is 5.71. The molecule has 0 radical (unpaired) electrons. The summed E-state index contributed by atoms with van der Waals surface area (Å²) >= 11 is 0. The second kappa shape index (κ2) is 9.20. The lowest BCUT2D eigenvalue weighted by Crippen LogP contribution is -2.45. The molecule has 0 aromatic heterocycles. The van der Waals surface area contributed by atoms with E-state index in [9.17, 15) is 13.2 Å². The number of nitrogens with zero attached hydrogens (tertiary/aromatic N) is 1. The zero-order chi connectivity index (χ0) is 18.3. The molecule has 0 bridgehead atoms. The van der Waals surface area contributed by atoms with Crippen LogP contribution in [0.5, 0.6) is 5.75 Å². The molecule has 2 rings (SSSR count). The third-order valence-electron chi connectivity index (χ3n) is 4.29. The first-order valence-electron chi connectivity index (χ1n) is 8.88. The molecule has 140 valence electrons. The maximum Gasteiger partial charge on any atom is 0.238 e. The highest BCUT2D eigenvalue weighted by Gasteiger charge is 2.36. The van der Waals surface area contributed by atoms with Crippen LogP contribution in [0.15, 0.2) is 24.3 Å². The number of para-hydroxylation sites is 1. The van der Waals surface area contributed by atoms with Crippen molar-refractivity contribution in [2.45, 2.75) is 45.1 Å². The maximum absolute atomic E-state index is 12.3. The van der Waals surface area contributed by atoms with Crippen LogP contribution in [-0.2, 0) is 21.2 Å². The van der Waals surface area contributed by atoms with Crippen LogP contribution >= 0.6 is 0 Å². The number of benzene rings is 1. The molecule has 25 heavy (non-hydrogen) atoms. The van der Waals surface area contributed by atoms with Gasteiger partial charge in [-0.1, -0.05) is 25.1 Å². The standard InChI is InChI=1S/C18H28N2O4S/c1-3-14-24-17-11-5-4-8-15(17)9-6-12-19-18(21)16-10-7-13-20(16)25(2,22)23/h4-5,8,11,16H,3,6-7,9-10,12-14H2,1-2H3,(H,19,21)/t16-/m0/s1. The normalized spacial score (nSPS) is 18.2. The summed E-state index contributed by atoms with van der Waals surface area (Å²) in [6, 6.07) is 7.38. The summed E-state index contributed by atoms with van der Waals surface area (Å²) in [4.78, 5) is 12.3. The fraction of sp³-hybridized carbons (Fsp3) is 0.611. The van der Waals surface area contributed by atoms with Gasteiger partial charge in [-0.2, -0.15) is 4.31 Å². The smallest absolute Gasteiger partial charge is 0.238 e. The van der Waals surface area contributed by atoms with E-state index in [-0.39, 0.29) is 5.91 Å². The van der Waals surface area contributed by atoms with Gasteiger partial charge in [0, 0.05) is 13.1 Å². The molecule has 1 saturated heterocycles. The Labute approximate surface area is 150 Å². The van der Waals surface area contributed by atoms with Gasteiger partial charge in [-0.3, -0.25) is 4.79 Å². The molecule has 0 unspecified atom stereocenters. The summed E-state index contributed by atoms with van der Waals surface area (Å²) in [7, 11) is -3.33. The van der Waals surface area contributed by atoms with Crippen LogP contribution in [0.2, 0.25) is 0 Å². The van der Waals surface area contributed by atoms with Crippen molar-refractivity contribution in [2.75, 3.05) is 26.0 Å². The molecule has 1 aliphatic rings. The fourth-order valence-electron chi connectivity index (χ4n) is 3.07. The lowest BCUT2D eigenvalue weighted by atomic mass is 10.1. The largest absolute Gasteiger partial charge is 0.493 e. The average molecular weight is 368 g/mol. The Balaban J connectivity index is 1.80. The first-order chi connectivity index (χ1) is 11.9. The minimum atomic E-state index is -3.33. The predicted octanol–water partition coefficient (Wildman–Crippen LogP) is 1.95. The highest BCUT2D eigenvalue weighted by Crippen LogP contribution is 2.21. The Kier molecular flexibility index (Phi) is 7.25. The number of rotatable bonds is 9. The van der Waals surface area contributed by atoms with Crippen LogP contribution in [0.3, 0.4) is 0 Å². The van der Waals surface area contributed by atoms with Crippen LogP contribution < -0.4 is 10.1 Å². The van der Waals surface area contributed by atoms with E-state index in [1.54, 1.807) is 0 Å². The van der Waals surface area contributed by atoms with Crippen molar-refractivity contribution in [1.82, 2.24) is 9.62 Å². The Morgan fingerprint density at radius 1 is 1.36 bits per heavy atom. The molecule has 6 nitrogen and oxygen atoms in total. The highest BCUT2D eigenvalue weighted by molar-refractivity contribution is 7.88. The van der Waals surface area contributed by atoms with Crippen molar-refractivity contribution >= 4 is 15.9 Å². The number of nitrogens with one attached hydrogen (secondary N) is 1. The maximum atomic E-state index is 12.3. The van der Waals surface area contributed by atoms with Crippen molar-refractivity contribution in [3.8, 4) is 5.75 Å². The number of carbonyl (C=O) groups excluding carboxylic acids is 1. The van der Waals surface area contributed by atoms with E-state index in [4.69, 9.17) is 4.74 Å². The molecule has 1 amide bonds. The number of hydrogen-bond donors (Lipinski definition) is 1. The van der Waals surface area contributed by atoms with Crippen LogP contribution in [0, 0.1) is 0 Å². The quantitative estimate of drug-likeness (QED) is 0.676. The van der Waals surface area contributed by atoms with Gasteiger partial charge in [-0.15, -0.1) is 0 Å². The van der Waals surface area contributed by atoms with Gasteiger partial charge in [0.05, 0.1) is 12.9 Å². The number of sulfonamides is 1. The first kappa shape index (κ1) is 19.7. The van der Waals surface area contributed by atoms with E-state index in [1.807, 2.05) is 24.3 Å².